The standard InChI is InChI=1S/C15H22N4O3.ClH/c1-11(16)12-5-4-8-18(9-12)10-15(20)17-13-6-2-3-7-14(13)19(21)22;/h2-3,6-7,11-12H,4-5,8-10,16H2,1H3,(H,17,20);1H. The molecule has 7 nitrogen and oxygen atoms in total. The lowest BCUT2D eigenvalue weighted by Gasteiger charge is -2.34. The highest BCUT2D eigenvalue weighted by Gasteiger charge is 2.24. The van der Waals surface area contributed by atoms with Crippen LogP contribution in [0.3, 0.4) is 0 Å². The highest BCUT2D eigenvalue weighted by molar-refractivity contribution is 5.94. The molecule has 1 amide bonds. The van der Waals surface area contributed by atoms with Gasteiger partial charge in [0.15, 0.2) is 0 Å². The van der Waals surface area contributed by atoms with E-state index < -0.39 is 4.92 Å². The van der Waals surface area contributed by atoms with Crippen LogP contribution in [-0.2, 0) is 4.79 Å². The zero-order valence-electron chi connectivity index (χ0n) is 13.1. The third kappa shape index (κ3) is 5.46. The van der Waals surface area contributed by atoms with Crippen molar-refractivity contribution < 1.29 is 9.72 Å². The van der Waals surface area contributed by atoms with Crippen LogP contribution in [0.5, 0.6) is 0 Å². The topological polar surface area (TPSA) is 102 Å². The van der Waals surface area contributed by atoms with E-state index in [9.17, 15) is 14.9 Å². The predicted molar refractivity (Wildman–Crippen MR) is 91.8 cm³/mol. The number of carbonyl (C=O) groups is 1. The molecular weight excluding hydrogens is 320 g/mol. The number of likely N-dealkylation sites (tertiary alicyclic amines) is 1. The summed E-state index contributed by atoms with van der Waals surface area (Å²) in [6.45, 7) is 3.87. The van der Waals surface area contributed by atoms with Gasteiger partial charge in [0, 0.05) is 18.7 Å². The van der Waals surface area contributed by atoms with Gasteiger partial charge in [-0.2, -0.15) is 0 Å². The maximum absolute atomic E-state index is 12.1. The van der Waals surface area contributed by atoms with E-state index in [1.807, 2.05) is 6.92 Å². The molecule has 2 atom stereocenters. The van der Waals surface area contributed by atoms with Crippen LogP contribution in [0, 0.1) is 16.0 Å². The van der Waals surface area contributed by atoms with Crippen LogP contribution < -0.4 is 11.1 Å². The third-order valence-electron chi connectivity index (χ3n) is 4.03. The predicted octanol–water partition coefficient (Wildman–Crippen LogP) is 2.01. The fourth-order valence-electron chi connectivity index (χ4n) is 2.80. The minimum atomic E-state index is -0.497. The molecule has 2 unspecified atom stereocenters. The van der Waals surface area contributed by atoms with Crippen LogP contribution in [0.2, 0.25) is 0 Å². The van der Waals surface area contributed by atoms with Crippen molar-refractivity contribution in [1.82, 2.24) is 4.90 Å². The number of hydrogen-bond acceptors (Lipinski definition) is 5. The van der Waals surface area contributed by atoms with Crippen LogP contribution in [-0.4, -0.2) is 41.4 Å². The number of carbonyl (C=O) groups excluding carboxylic acids is 1. The number of halogens is 1. The molecule has 0 bridgehead atoms. The summed E-state index contributed by atoms with van der Waals surface area (Å²) in [7, 11) is 0. The summed E-state index contributed by atoms with van der Waals surface area (Å²) in [6, 6.07) is 6.27. The summed E-state index contributed by atoms with van der Waals surface area (Å²) in [5.74, 6) is 0.159. The number of benzene rings is 1. The average Bonchev–Trinajstić information content (AvgIpc) is 2.47. The van der Waals surface area contributed by atoms with Gasteiger partial charge in [-0.05, 0) is 38.3 Å². The Morgan fingerprint density at radius 2 is 2.22 bits per heavy atom. The molecule has 0 aliphatic carbocycles. The number of anilines is 1. The molecule has 128 valence electrons. The first-order valence-corrected chi connectivity index (χ1v) is 7.48. The summed E-state index contributed by atoms with van der Waals surface area (Å²) in [4.78, 5) is 24.6. The largest absolute Gasteiger partial charge is 0.328 e. The molecule has 1 fully saturated rings. The van der Waals surface area contributed by atoms with Gasteiger partial charge in [0.1, 0.15) is 5.69 Å². The van der Waals surface area contributed by atoms with Gasteiger partial charge in [-0.1, -0.05) is 12.1 Å². The summed E-state index contributed by atoms with van der Waals surface area (Å²) < 4.78 is 0. The normalized spacial score (nSPS) is 19.5. The number of nitrogens with two attached hydrogens (primary N) is 1. The molecule has 1 saturated heterocycles. The lowest BCUT2D eigenvalue weighted by Crippen LogP contribution is -2.45. The lowest BCUT2D eigenvalue weighted by atomic mass is 9.92. The van der Waals surface area contributed by atoms with Gasteiger partial charge in [0.25, 0.3) is 5.69 Å². The number of nitro benzene ring substituents is 1. The maximum Gasteiger partial charge on any atom is 0.292 e. The first kappa shape index (κ1) is 19.3. The average molecular weight is 343 g/mol. The Morgan fingerprint density at radius 1 is 1.52 bits per heavy atom. The number of amides is 1. The molecule has 0 saturated carbocycles. The number of hydrogen-bond donors (Lipinski definition) is 2. The van der Waals surface area contributed by atoms with Gasteiger partial charge >= 0.3 is 0 Å². The van der Waals surface area contributed by atoms with Crippen molar-refractivity contribution in [1.29, 1.82) is 0 Å². The lowest BCUT2D eigenvalue weighted by molar-refractivity contribution is -0.383. The molecule has 2 rings (SSSR count). The number of nitro groups is 1. The van der Waals surface area contributed by atoms with Gasteiger partial charge in [-0.25, -0.2) is 0 Å². The summed E-state index contributed by atoms with van der Waals surface area (Å²) in [5.41, 5.74) is 6.07. The van der Waals surface area contributed by atoms with Crippen molar-refractivity contribution in [2.75, 3.05) is 25.0 Å². The van der Waals surface area contributed by atoms with E-state index in [0.717, 1.165) is 25.9 Å². The number of rotatable bonds is 5. The quantitative estimate of drug-likeness (QED) is 0.629. The highest BCUT2D eigenvalue weighted by Crippen LogP contribution is 2.23. The van der Waals surface area contributed by atoms with Crippen molar-refractivity contribution in [3.05, 3.63) is 34.4 Å². The van der Waals surface area contributed by atoms with E-state index in [4.69, 9.17) is 5.73 Å². The molecule has 3 N–H and O–H groups in total. The molecule has 1 aromatic rings. The van der Waals surface area contributed by atoms with Crippen molar-refractivity contribution in [3.63, 3.8) is 0 Å². The van der Waals surface area contributed by atoms with Crippen molar-refractivity contribution in [2.45, 2.75) is 25.8 Å². The van der Waals surface area contributed by atoms with E-state index >= 15 is 0 Å². The minimum Gasteiger partial charge on any atom is -0.328 e. The van der Waals surface area contributed by atoms with E-state index in [1.165, 1.54) is 12.1 Å². The molecule has 1 aromatic carbocycles. The fraction of sp³-hybridized carbons (Fsp3) is 0.533. The molecule has 0 aromatic heterocycles. The molecule has 1 heterocycles. The molecule has 1 aliphatic heterocycles. The van der Waals surface area contributed by atoms with Crippen LogP contribution in [0.25, 0.3) is 0 Å². The number of nitrogens with zero attached hydrogens (tertiary/aromatic N) is 2. The Labute approximate surface area is 141 Å². The van der Waals surface area contributed by atoms with Crippen LogP contribution in [0.4, 0.5) is 11.4 Å². The van der Waals surface area contributed by atoms with Crippen molar-refractivity contribution in [2.24, 2.45) is 11.7 Å². The van der Waals surface area contributed by atoms with Crippen molar-refractivity contribution >= 4 is 29.7 Å². The van der Waals surface area contributed by atoms with E-state index in [0.29, 0.717) is 5.92 Å². The van der Waals surface area contributed by atoms with Crippen LogP contribution >= 0.6 is 12.4 Å². The molecular formula is C15H23ClN4O3. The maximum atomic E-state index is 12.1. The van der Waals surface area contributed by atoms with E-state index in [-0.39, 0.29) is 42.3 Å². The SMILES string of the molecule is CC(N)C1CCCN(CC(=O)Nc2ccccc2[N+](=O)[O-])C1.Cl. The smallest absolute Gasteiger partial charge is 0.292 e. The zero-order valence-corrected chi connectivity index (χ0v) is 13.9. The summed E-state index contributed by atoms with van der Waals surface area (Å²) >= 11 is 0. The van der Waals surface area contributed by atoms with Gasteiger partial charge in [-0.3, -0.25) is 19.8 Å². The molecule has 1 aliphatic rings. The van der Waals surface area contributed by atoms with Crippen LogP contribution in [0.1, 0.15) is 19.8 Å². The molecule has 8 heteroatoms. The first-order chi connectivity index (χ1) is 10.5. The number of nitrogens with one attached hydrogen (secondary N) is 1. The zero-order chi connectivity index (χ0) is 16.1. The first-order valence-electron chi connectivity index (χ1n) is 7.48. The van der Waals surface area contributed by atoms with Gasteiger partial charge < -0.3 is 11.1 Å². The third-order valence-corrected chi connectivity index (χ3v) is 4.03. The van der Waals surface area contributed by atoms with Gasteiger partial charge in [0.2, 0.25) is 5.91 Å². The van der Waals surface area contributed by atoms with E-state index in [2.05, 4.69) is 10.2 Å². The molecule has 0 spiro atoms. The second-order valence-electron chi connectivity index (χ2n) is 5.82. The van der Waals surface area contributed by atoms with Crippen molar-refractivity contribution in [3.8, 4) is 0 Å². The molecule has 23 heavy (non-hydrogen) atoms. The monoisotopic (exact) mass is 342 g/mol. The Kier molecular flexibility index (Phi) is 7.41. The number of para-hydroxylation sites is 2. The Hall–Kier alpha value is -1.70. The summed E-state index contributed by atoms with van der Waals surface area (Å²) in [5, 5.41) is 13.6. The summed E-state index contributed by atoms with van der Waals surface area (Å²) in [6.07, 6.45) is 2.10. The number of piperidine rings is 1. The van der Waals surface area contributed by atoms with Crippen LogP contribution in [0.15, 0.2) is 24.3 Å². The Bertz CT molecular complexity index is 553. The van der Waals surface area contributed by atoms with E-state index in [1.54, 1.807) is 12.1 Å². The second-order valence-corrected chi connectivity index (χ2v) is 5.82. The highest BCUT2D eigenvalue weighted by atomic mass is 35.5. The Balaban J connectivity index is 0.00000264. The Morgan fingerprint density at radius 3 is 2.87 bits per heavy atom. The van der Waals surface area contributed by atoms with Gasteiger partial charge in [-0.15, -0.1) is 12.4 Å². The second kappa shape index (κ2) is 8.81. The molecule has 0 radical (unpaired) electrons. The van der Waals surface area contributed by atoms with Gasteiger partial charge in [0.05, 0.1) is 11.5 Å². The fourth-order valence-corrected chi connectivity index (χ4v) is 2.80. The minimum absolute atomic E-state index is 0.